The second-order valence-corrected chi connectivity index (χ2v) is 13.0. The average Bonchev–Trinajstić information content (AvgIpc) is 3.58. The Bertz CT molecular complexity index is 1950. The smallest absolute Gasteiger partial charge is 0.335 e. The van der Waals surface area contributed by atoms with Crippen LogP contribution in [0.3, 0.4) is 0 Å². The van der Waals surface area contributed by atoms with Crippen LogP contribution in [0.4, 0.5) is 11.8 Å². The van der Waals surface area contributed by atoms with Gasteiger partial charge in [-0.2, -0.15) is 18.4 Å². The first-order valence-electron chi connectivity index (χ1n) is 15.0. The standard InChI is InChI=1S/C33H39N7O5S/c1-4-28(46(42,43)44)23(3)10-8-9-22(2)17-19-38-20-18-25(21-38)40-31-29(30(34)36-32(35)37-31)39(33(40)41)24-13-15-27(16-14-24)45-26-11-6-5-7-12-26/h4-7,10-17,25,28H,1,8-9,18-21H2,2-3H3,(H,42,43,44)(H4,34,35,36,37)/b22-17-,23-10?/t25-,28?/m1/s1. The Morgan fingerprint density at radius 2 is 1.78 bits per heavy atom. The SMILES string of the molecule is C=CC(C(C)=CCC/C(C)=C\CN1CC[C@@H](n2c(=O)n(-c3ccc(Oc4ccccc4)cc3)c3c(N)nc(N)nc32)C1)S(=O)(=O)O. The van der Waals surface area contributed by atoms with Gasteiger partial charge in [0, 0.05) is 19.6 Å². The Kier molecular flexibility index (Phi) is 9.75. The zero-order valence-corrected chi connectivity index (χ0v) is 26.7. The molecule has 2 atom stereocenters. The van der Waals surface area contributed by atoms with Crippen molar-refractivity contribution in [3.05, 3.63) is 101 Å². The number of nitrogens with zero attached hydrogens (tertiary/aromatic N) is 5. The number of fused-ring (bicyclic) bond motifs is 1. The van der Waals surface area contributed by atoms with E-state index >= 15 is 0 Å². The van der Waals surface area contributed by atoms with Crippen molar-refractivity contribution in [2.45, 2.75) is 44.4 Å². The predicted molar refractivity (Wildman–Crippen MR) is 181 cm³/mol. The maximum atomic E-state index is 14.0. The first kappa shape index (κ1) is 32.7. The second kappa shape index (κ2) is 13.7. The highest BCUT2D eigenvalue weighted by molar-refractivity contribution is 7.86. The van der Waals surface area contributed by atoms with Crippen molar-refractivity contribution in [1.29, 1.82) is 0 Å². The quantitative estimate of drug-likeness (QED) is 0.142. The molecule has 12 nitrogen and oxygen atoms in total. The fraction of sp³-hybridized carbons (Fsp3) is 0.303. The number of imidazole rings is 1. The molecule has 0 aliphatic carbocycles. The van der Waals surface area contributed by atoms with Gasteiger partial charge >= 0.3 is 5.69 Å². The fourth-order valence-corrected chi connectivity index (χ4v) is 6.58. The molecular formula is C33H39N7O5S. The van der Waals surface area contributed by atoms with Crippen LogP contribution in [-0.2, 0) is 10.1 Å². The van der Waals surface area contributed by atoms with Crippen LogP contribution in [0.2, 0.25) is 0 Å². The van der Waals surface area contributed by atoms with E-state index in [1.54, 1.807) is 35.8 Å². The largest absolute Gasteiger partial charge is 0.457 e. The molecule has 1 fully saturated rings. The summed E-state index contributed by atoms with van der Waals surface area (Å²) in [5.74, 6) is 1.45. The first-order chi connectivity index (χ1) is 22.0. The molecule has 1 aliphatic heterocycles. The molecule has 0 saturated carbocycles. The van der Waals surface area contributed by atoms with E-state index in [0.717, 1.165) is 25.0 Å². The number of para-hydroxylation sites is 1. The topological polar surface area (TPSA) is 172 Å². The van der Waals surface area contributed by atoms with Gasteiger partial charge in [-0.1, -0.05) is 47.6 Å². The molecule has 2 aromatic carbocycles. The molecule has 0 amide bonds. The second-order valence-electron chi connectivity index (χ2n) is 11.4. The van der Waals surface area contributed by atoms with Gasteiger partial charge < -0.3 is 16.2 Å². The number of ether oxygens (including phenoxy) is 1. The third kappa shape index (κ3) is 7.22. The first-order valence-corrected chi connectivity index (χ1v) is 16.5. The molecule has 1 aliphatic rings. The van der Waals surface area contributed by atoms with E-state index in [1.165, 1.54) is 10.6 Å². The number of nitrogen functional groups attached to an aromatic ring is 2. The van der Waals surface area contributed by atoms with Gasteiger partial charge in [0.25, 0.3) is 10.1 Å². The summed E-state index contributed by atoms with van der Waals surface area (Å²) in [5.41, 5.74) is 15.1. The molecule has 0 bridgehead atoms. The number of benzene rings is 2. The third-order valence-electron chi connectivity index (χ3n) is 8.13. The summed E-state index contributed by atoms with van der Waals surface area (Å²) in [6.45, 7) is 9.32. The van der Waals surface area contributed by atoms with Gasteiger partial charge in [0.2, 0.25) is 5.95 Å². The molecule has 2 aromatic heterocycles. The summed E-state index contributed by atoms with van der Waals surface area (Å²) in [5, 5.41) is -1.10. The molecule has 3 heterocycles. The Labute approximate surface area is 268 Å². The van der Waals surface area contributed by atoms with Crippen LogP contribution in [0.15, 0.2) is 95.3 Å². The summed E-state index contributed by atoms with van der Waals surface area (Å²) in [7, 11) is -4.22. The highest BCUT2D eigenvalue weighted by atomic mass is 32.2. The van der Waals surface area contributed by atoms with Crippen molar-refractivity contribution in [2.75, 3.05) is 31.1 Å². The van der Waals surface area contributed by atoms with Gasteiger partial charge in [-0.05, 0) is 69.5 Å². The van der Waals surface area contributed by atoms with Crippen LogP contribution in [0, 0.1) is 0 Å². The highest BCUT2D eigenvalue weighted by Gasteiger charge is 2.30. The highest BCUT2D eigenvalue weighted by Crippen LogP contribution is 2.29. The maximum Gasteiger partial charge on any atom is 0.335 e. The van der Waals surface area contributed by atoms with Gasteiger partial charge in [0.15, 0.2) is 11.5 Å². The van der Waals surface area contributed by atoms with Crippen molar-refractivity contribution in [2.24, 2.45) is 0 Å². The number of rotatable bonds is 12. The fourth-order valence-electron chi connectivity index (χ4n) is 5.77. The van der Waals surface area contributed by atoms with Gasteiger partial charge in [-0.15, -0.1) is 6.58 Å². The summed E-state index contributed by atoms with van der Waals surface area (Å²) in [6.07, 6.45) is 7.29. The van der Waals surface area contributed by atoms with E-state index in [1.807, 2.05) is 43.3 Å². The average molecular weight is 646 g/mol. The van der Waals surface area contributed by atoms with Crippen molar-refractivity contribution in [3.8, 4) is 17.2 Å². The number of hydrogen-bond acceptors (Lipinski definition) is 9. The molecule has 1 unspecified atom stereocenters. The van der Waals surface area contributed by atoms with Crippen molar-refractivity contribution >= 4 is 33.0 Å². The maximum absolute atomic E-state index is 14.0. The minimum atomic E-state index is -4.22. The number of allylic oxidation sites excluding steroid dienone is 2. The van der Waals surface area contributed by atoms with Crippen LogP contribution in [0.1, 0.15) is 39.2 Å². The number of nitrogens with two attached hydrogens (primary N) is 2. The number of hydrogen-bond donors (Lipinski definition) is 3. The Hall–Kier alpha value is -4.72. The van der Waals surface area contributed by atoms with E-state index in [0.29, 0.717) is 53.4 Å². The number of aromatic nitrogens is 4. The predicted octanol–water partition coefficient (Wildman–Crippen LogP) is 4.90. The molecule has 46 heavy (non-hydrogen) atoms. The van der Waals surface area contributed by atoms with Gasteiger partial charge in [0.05, 0.1) is 11.7 Å². The molecule has 5 N–H and O–H groups in total. The van der Waals surface area contributed by atoms with E-state index < -0.39 is 15.4 Å². The van der Waals surface area contributed by atoms with E-state index in [2.05, 4.69) is 27.5 Å². The lowest BCUT2D eigenvalue weighted by molar-refractivity contribution is 0.356. The molecule has 0 spiro atoms. The van der Waals surface area contributed by atoms with Crippen LogP contribution in [-0.4, -0.2) is 61.9 Å². The molecule has 0 radical (unpaired) electrons. The van der Waals surface area contributed by atoms with E-state index in [9.17, 15) is 17.8 Å². The minimum absolute atomic E-state index is 0.00351. The summed E-state index contributed by atoms with van der Waals surface area (Å²) < 4.78 is 41.6. The summed E-state index contributed by atoms with van der Waals surface area (Å²) in [4.78, 5) is 24.9. The molecule has 1 saturated heterocycles. The van der Waals surface area contributed by atoms with Crippen LogP contribution in [0.25, 0.3) is 16.9 Å². The van der Waals surface area contributed by atoms with Gasteiger partial charge in [-0.3, -0.25) is 18.6 Å². The molecule has 242 valence electrons. The zero-order valence-electron chi connectivity index (χ0n) is 25.9. The third-order valence-corrected chi connectivity index (χ3v) is 9.34. The zero-order chi connectivity index (χ0) is 33.0. The summed E-state index contributed by atoms with van der Waals surface area (Å²) >= 11 is 0. The van der Waals surface area contributed by atoms with E-state index in [-0.39, 0.29) is 23.5 Å². The summed E-state index contributed by atoms with van der Waals surface area (Å²) in [6, 6.07) is 16.5. The van der Waals surface area contributed by atoms with Crippen LogP contribution >= 0.6 is 0 Å². The Balaban J connectivity index is 1.32. The Morgan fingerprint density at radius 1 is 1.09 bits per heavy atom. The lowest BCUT2D eigenvalue weighted by Gasteiger charge is -2.15. The normalized spacial score (nSPS) is 17.0. The van der Waals surface area contributed by atoms with Crippen molar-refractivity contribution < 1.29 is 17.7 Å². The lowest BCUT2D eigenvalue weighted by Crippen LogP contribution is -2.29. The van der Waals surface area contributed by atoms with Crippen LogP contribution in [0.5, 0.6) is 11.5 Å². The lowest BCUT2D eigenvalue weighted by atomic mass is 10.1. The molecule has 5 rings (SSSR count). The molecule has 4 aromatic rings. The molecule has 13 heteroatoms. The van der Waals surface area contributed by atoms with Crippen LogP contribution < -0.4 is 21.9 Å². The monoisotopic (exact) mass is 645 g/mol. The van der Waals surface area contributed by atoms with E-state index in [4.69, 9.17) is 16.2 Å². The number of likely N-dealkylation sites (tertiary alicyclic amines) is 1. The van der Waals surface area contributed by atoms with Crippen molar-refractivity contribution in [3.63, 3.8) is 0 Å². The molecular weight excluding hydrogens is 606 g/mol. The van der Waals surface area contributed by atoms with Crippen molar-refractivity contribution in [1.82, 2.24) is 24.0 Å². The minimum Gasteiger partial charge on any atom is -0.457 e. The van der Waals surface area contributed by atoms with Gasteiger partial charge in [-0.25, -0.2) is 4.79 Å². The van der Waals surface area contributed by atoms with Gasteiger partial charge in [0.1, 0.15) is 22.3 Å². The number of anilines is 2. The Morgan fingerprint density at radius 3 is 2.46 bits per heavy atom.